The van der Waals surface area contributed by atoms with Gasteiger partial charge in [-0.3, -0.25) is 4.79 Å². The Kier molecular flexibility index (Phi) is 6.83. The lowest BCUT2D eigenvalue weighted by Gasteiger charge is -2.16. The predicted octanol–water partition coefficient (Wildman–Crippen LogP) is 6.24. The summed E-state index contributed by atoms with van der Waals surface area (Å²) < 4.78 is 8.97. The summed E-state index contributed by atoms with van der Waals surface area (Å²) >= 11 is 2.29. The van der Waals surface area contributed by atoms with E-state index in [4.69, 9.17) is 9.72 Å². The van der Waals surface area contributed by atoms with Crippen molar-refractivity contribution >= 4 is 47.6 Å². The molecule has 3 rings (SSSR count). The molecule has 0 aliphatic heterocycles. The number of carbonyl (C=O) groups is 1. The molecular formula is C23H30IN3O2Si. The number of nitrogens with zero attached hydrogens (tertiary/aromatic N) is 3. The van der Waals surface area contributed by atoms with Crippen LogP contribution in [-0.4, -0.2) is 35.0 Å². The Morgan fingerprint density at radius 3 is 2.60 bits per heavy atom. The van der Waals surface area contributed by atoms with E-state index in [-0.39, 0.29) is 5.78 Å². The smallest absolute Gasteiger partial charge is 0.171 e. The summed E-state index contributed by atoms with van der Waals surface area (Å²) in [5.74, 6) is 0.0578. The zero-order valence-corrected chi connectivity index (χ0v) is 21.8. The van der Waals surface area contributed by atoms with Gasteiger partial charge in [-0.1, -0.05) is 52.5 Å². The van der Waals surface area contributed by atoms with Gasteiger partial charge in [-0.2, -0.15) is 0 Å². The number of hydrogen-bond acceptors (Lipinski definition) is 4. The Morgan fingerprint density at radius 2 is 1.97 bits per heavy atom. The van der Waals surface area contributed by atoms with Crippen LogP contribution in [-0.2, 0) is 11.5 Å². The van der Waals surface area contributed by atoms with Crippen LogP contribution in [0.1, 0.15) is 31.1 Å². The van der Waals surface area contributed by atoms with Gasteiger partial charge in [0.15, 0.2) is 11.4 Å². The van der Waals surface area contributed by atoms with Gasteiger partial charge in [0.05, 0.1) is 17.5 Å². The first-order valence-electron chi connectivity index (χ1n) is 10.2. The number of carbonyl (C=O) groups excluding carboxylic acids is 1. The van der Waals surface area contributed by atoms with E-state index in [2.05, 4.69) is 53.3 Å². The summed E-state index contributed by atoms with van der Waals surface area (Å²) in [5, 5.41) is 0. The van der Waals surface area contributed by atoms with E-state index in [0.29, 0.717) is 30.1 Å². The maximum absolute atomic E-state index is 13.1. The lowest BCUT2D eigenvalue weighted by Crippen LogP contribution is -2.22. The summed E-state index contributed by atoms with van der Waals surface area (Å²) in [5.41, 5.74) is 3.18. The van der Waals surface area contributed by atoms with Crippen molar-refractivity contribution in [3.05, 3.63) is 45.8 Å². The molecule has 1 aromatic carbocycles. The van der Waals surface area contributed by atoms with Crippen molar-refractivity contribution in [1.29, 1.82) is 0 Å². The molecule has 7 heteroatoms. The fourth-order valence-corrected chi connectivity index (χ4v) is 4.35. The summed E-state index contributed by atoms with van der Waals surface area (Å²) in [4.78, 5) is 22.7. The first-order chi connectivity index (χ1) is 14.0. The van der Waals surface area contributed by atoms with Crippen molar-refractivity contribution < 1.29 is 9.53 Å². The van der Waals surface area contributed by atoms with Crippen molar-refractivity contribution in [3.8, 4) is 11.3 Å². The van der Waals surface area contributed by atoms with Crippen LogP contribution in [0.25, 0.3) is 22.4 Å². The quantitative estimate of drug-likeness (QED) is 0.156. The maximum atomic E-state index is 13.1. The summed E-state index contributed by atoms with van der Waals surface area (Å²) in [7, 11) is -1.15. The molecule has 0 atom stereocenters. The Bertz CT molecular complexity index is 1060. The SMILES string of the molecule is CC(C)(C)C(=O)c1cn(COCC[Si](C)(C)C)c2ncc(-c3cccc(I)c3)nc12. The summed E-state index contributed by atoms with van der Waals surface area (Å²) in [6.07, 6.45) is 3.63. The van der Waals surface area contributed by atoms with Crippen molar-refractivity contribution in [2.24, 2.45) is 5.41 Å². The Labute approximate surface area is 193 Å². The highest BCUT2D eigenvalue weighted by Gasteiger charge is 2.28. The molecule has 0 bridgehead atoms. The van der Waals surface area contributed by atoms with Crippen molar-refractivity contribution in [1.82, 2.24) is 14.5 Å². The number of ether oxygens (including phenoxy) is 1. The molecule has 0 aliphatic rings. The molecule has 0 N–H and O–H groups in total. The number of rotatable bonds is 7. The van der Waals surface area contributed by atoms with Gasteiger partial charge >= 0.3 is 0 Å². The fourth-order valence-electron chi connectivity index (χ4n) is 3.05. The van der Waals surface area contributed by atoms with E-state index in [0.717, 1.165) is 20.9 Å². The van der Waals surface area contributed by atoms with Gasteiger partial charge in [-0.25, -0.2) is 9.97 Å². The van der Waals surface area contributed by atoms with Crippen LogP contribution >= 0.6 is 22.6 Å². The minimum absolute atomic E-state index is 0.0578. The van der Waals surface area contributed by atoms with E-state index in [1.807, 2.05) is 49.7 Å². The Hall–Kier alpha value is -1.58. The molecule has 3 aromatic rings. The van der Waals surface area contributed by atoms with E-state index < -0.39 is 13.5 Å². The minimum atomic E-state index is -1.15. The molecule has 2 heterocycles. The first kappa shape index (κ1) is 23.1. The van der Waals surface area contributed by atoms with Gasteiger partial charge in [0.1, 0.15) is 12.2 Å². The topological polar surface area (TPSA) is 57.0 Å². The van der Waals surface area contributed by atoms with Crippen LogP contribution in [0, 0.1) is 8.99 Å². The van der Waals surface area contributed by atoms with E-state index >= 15 is 0 Å². The van der Waals surface area contributed by atoms with Crippen LogP contribution in [0.4, 0.5) is 0 Å². The second kappa shape index (κ2) is 8.88. The highest BCUT2D eigenvalue weighted by molar-refractivity contribution is 14.1. The van der Waals surface area contributed by atoms with Gasteiger partial charge in [0, 0.05) is 35.4 Å². The zero-order valence-electron chi connectivity index (χ0n) is 18.6. The molecule has 5 nitrogen and oxygen atoms in total. The highest BCUT2D eigenvalue weighted by atomic mass is 127. The number of Topliss-reactive ketones (excluding diaryl/α,β-unsaturated/α-hetero) is 1. The standard InChI is InChI=1S/C23H30IN3O2Si/c1-23(2,3)21(28)18-14-27(15-29-10-11-30(4,5)6)22-20(18)26-19(13-25-22)16-8-7-9-17(24)12-16/h7-9,12-14H,10-11,15H2,1-6H3. The summed E-state index contributed by atoms with van der Waals surface area (Å²) in [6, 6.07) is 9.22. The lowest BCUT2D eigenvalue weighted by molar-refractivity contribution is 0.0849. The second-order valence-corrected chi connectivity index (χ2v) is 16.7. The molecule has 160 valence electrons. The van der Waals surface area contributed by atoms with Crippen LogP contribution < -0.4 is 0 Å². The average molecular weight is 536 g/mol. The van der Waals surface area contributed by atoms with Gasteiger partial charge in [0.25, 0.3) is 0 Å². The third-order valence-corrected chi connectivity index (χ3v) is 7.21. The molecule has 0 saturated heterocycles. The monoisotopic (exact) mass is 535 g/mol. The molecule has 0 amide bonds. The number of ketones is 1. The van der Waals surface area contributed by atoms with E-state index in [9.17, 15) is 4.79 Å². The Balaban J connectivity index is 2.00. The van der Waals surface area contributed by atoms with Crippen LogP contribution in [0.15, 0.2) is 36.7 Å². The zero-order chi connectivity index (χ0) is 22.1. The van der Waals surface area contributed by atoms with Crippen LogP contribution in [0.2, 0.25) is 25.7 Å². The maximum Gasteiger partial charge on any atom is 0.171 e. The number of aromatic nitrogens is 3. The molecule has 0 fully saturated rings. The molecule has 0 radical (unpaired) electrons. The van der Waals surface area contributed by atoms with E-state index in [1.165, 1.54) is 0 Å². The van der Waals surface area contributed by atoms with Crippen molar-refractivity contribution in [2.75, 3.05) is 6.61 Å². The summed E-state index contributed by atoms with van der Waals surface area (Å²) in [6.45, 7) is 13.9. The fraction of sp³-hybridized carbons (Fsp3) is 0.435. The van der Waals surface area contributed by atoms with Crippen molar-refractivity contribution in [2.45, 2.75) is 53.2 Å². The minimum Gasteiger partial charge on any atom is -0.361 e. The first-order valence-corrected chi connectivity index (χ1v) is 15.0. The largest absolute Gasteiger partial charge is 0.361 e. The normalized spacial score (nSPS) is 12.5. The molecule has 30 heavy (non-hydrogen) atoms. The van der Waals surface area contributed by atoms with Crippen LogP contribution in [0.3, 0.4) is 0 Å². The molecule has 0 unspecified atom stereocenters. The molecule has 2 aromatic heterocycles. The number of fused-ring (bicyclic) bond motifs is 1. The Morgan fingerprint density at radius 1 is 1.23 bits per heavy atom. The van der Waals surface area contributed by atoms with Gasteiger partial charge in [-0.05, 0) is 40.8 Å². The molecular weight excluding hydrogens is 505 g/mol. The molecule has 0 spiro atoms. The number of halogens is 1. The predicted molar refractivity (Wildman–Crippen MR) is 134 cm³/mol. The van der Waals surface area contributed by atoms with Crippen LogP contribution in [0.5, 0.6) is 0 Å². The van der Waals surface area contributed by atoms with E-state index in [1.54, 1.807) is 6.20 Å². The second-order valence-electron chi connectivity index (χ2n) is 9.88. The number of benzene rings is 1. The third kappa shape index (κ3) is 5.56. The average Bonchev–Trinajstić information content (AvgIpc) is 3.01. The lowest BCUT2D eigenvalue weighted by atomic mass is 9.87. The number of hydrogen-bond donors (Lipinski definition) is 0. The molecule has 0 saturated carbocycles. The third-order valence-electron chi connectivity index (χ3n) is 4.84. The highest BCUT2D eigenvalue weighted by Crippen LogP contribution is 2.29. The van der Waals surface area contributed by atoms with Crippen molar-refractivity contribution in [3.63, 3.8) is 0 Å². The van der Waals surface area contributed by atoms with Gasteiger partial charge < -0.3 is 9.30 Å². The van der Waals surface area contributed by atoms with Gasteiger partial charge in [-0.15, -0.1) is 0 Å². The molecule has 0 aliphatic carbocycles. The van der Waals surface area contributed by atoms with Gasteiger partial charge in [0.2, 0.25) is 0 Å².